The van der Waals surface area contributed by atoms with Crippen LogP contribution in [0.4, 0.5) is 13.2 Å². The van der Waals surface area contributed by atoms with Crippen LogP contribution in [0.5, 0.6) is 0 Å². The summed E-state index contributed by atoms with van der Waals surface area (Å²) in [5.41, 5.74) is 0.328. The van der Waals surface area contributed by atoms with Gasteiger partial charge in [-0.3, -0.25) is 9.78 Å². The number of aromatic nitrogens is 1. The number of alkyl halides is 3. The first kappa shape index (κ1) is 22.8. The highest BCUT2D eigenvalue weighted by atomic mass is 19.4. The van der Waals surface area contributed by atoms with Crippen LogP contribution in [0.25, 0.3) is 0 Å². The Hall–Kier alpha value is -1.67. The van der Waals surface area contributed by atoms with Gasteiger partial charge in [-0.15, -0.1) is 0 Å². The van der Waals surface area contributed by atoms with Crippen molar-refractivity contribution in [1.29, 1.82) is 0 Å². The predicted octanol–water partition coefficient (Wildman–Crippen LogP) is 3.93. The molecule has 2 N–H and O–H groups in total. The van der Waals surface area contributed by atoms with Crippen LogP contribution in [0.2, 0.25) is 0 Å². The second-order valence-corrected chi connectivity index (χ2v) is 11.9. The number of hydrogen-bond donors (Lipinski definition) is 2. The Morgan fingerprint density at radius 2 is 2.06 bits per heavy atom. The SMILES string of the molecule is CC(C)[C@]1(C(=O)N2CCc3ncc(C(F)(F)F)cc3C2)CC[C@@H](NC2C3CCC34CC(O)C24)C1. The van der Waals surface area contributed by atoms with Gasteiger partial charge in [0.05, 0.1) is 17.1 Å². The lowest BCUT2D eigenvalue weighted by Crippen LogP contribution is -2.80. The maximum atomic E-state index is 13.9. The molecule has 1 aromatic heterocycles. The van der Waals surface area contributed by atoms with E-state index in [0.717, 1.165) is 37.9 Å². The van der Waals surface area contributed by atoms with Crippen molar-refractivity contribution in [3.05, 3.63) is 29.1 Å². The van der Waals surface area contributed by atoms with Crippen LogP contribution < -0.4 is 5.32 Å². The molecule has 0 aromatic carbocycles. The number of rotatable bonds is 4. The number of amides is 1. The van der Waals surface area contributed by atoms with E-state index in [0.29, 0.717) is 47.5 Å². The summed E-state index contributed by atoms with van der Waals surface area (Å²) in [7, 11) is 0. The van der Waals surface area contributed by atoms with Gasteiger partial charge >= 0.3 is 6.18 Å². The lowest BCUT2D eigenvalue weighted by Gasteiger charge is -2.77. The van der Waals surface area contributed by atoms with Crippen molar-refractivity contribution in [3.63, 3.8) is 0 Å². The zero-order valence-electron chi connectivity index (χ0n) is 19.9. The average Bonchev–Trinajstić information content (AvgIpc) is 3.19. The Balaban J connectivity index is 1.16. The fourth-order valence-corrected chi connectivity index (χ4v) is 8.23. The molecule has 5 nitrogen and oxygen atoms in total. The maximum Gasteiger partial charge on any atom is 0.417 e. The van der Waals surface area contributed by atoms with Crippen LogP contribution in [0.3, 0.4) is 0 Å². The van der Waals surface area contributed by atoms with Gasteiger partial charge in [0.1, 0.15) is 0 Å². The Labute approximate surface area is 198 Å². The zero-order valence-corrected chi connectivity index (χ0v) is 19.9. The van der Waals surface area contributed by atoms with E-state index < -0.39 is 17.2 Å². The standard InChI is InChI=1S/C26H34F3N3O2/c1-14(2)24(6-3-17(10-24)31-22-18-4-7-25(18)11-20(33)21(22)25)23(34)32-8-5-19-15(13-32)9-16(12-30-19)26(27,28)29/h9,12,14,17-18,20-22,31,33H,3-8,10-11,13H2,1-2H3/t17-,18?,20?,21?,22?,24+,25?/m1/s1. The molecule has 34 heavy (non-hydrogen) atoms. The number of fused-ring (bicyclic) bond motifs is 1. The molecular weight excluding hydrogens is 443 g/mol. The number of aliphatic hydroxyl groups is 1. The van der Waals surface area contributed by atoms with Crippen molar-refractivity contribution in [2.45, 2.75) is 89.7 Å². The molecule has 1 amide bonds. The van der Waals surface area contributed by atoms with E-state index in [1.165, 1.54) is 12.8 Å². The van der Waals surface area contributed by atoms with Crippen molar-refractivity contribution >= 4 is 5.91 Å². The van der Waals surface area contributed by atoms with Crippen molar-refractivity contribution < 1.29 is 23.1 Å². The number of halogens is 3. The lowest BCUT2D eigenvalue weighted by molar-refractivity contribution is -0.297. The fraction of sp³-hybridized carbons (Fsp3) is 0.769. The Bertz CT molecular complexity index is 1010. The third-order valence-electron chi connectivity index (χ3n) is 10.3. The number of carbonyl (C=O) groups is 1. The molecule has 1 aromatic rings. The molecule has 6 rings (SSSR count). The summed E-state index contributed by atoms with van der Waals surface area (Å²) in [5.74, 6) is 1.28. The lowest BCUT2D eigenvalue weighted by atomic mass is 9.30. The van der Waals surface area contributed by atoms with Gasteiger partial charge in [-0.25, -0.2) is 0 Å². The molecular formula is C26H34F3N3O2. The first-order valence-corrected chi connectivity index (χ1v) is 12.8. The van der Waals surface area contributed by atoms with E-state index in [1.807, 2.05) is 0 Å². The second kappa shape index (κ2) is 7.42. The minimum atomic E-state index is -4.44. The van der Waals surface area contributed by atoms with Crippen molar-refractivity contribution in [1.82, 2.24) is 15.2 Å². The summed E-state index contributed by atoms with van der Waals surface area (Å²) >= 11 is 0. The van der Waals surface area contributed by atoms with Crippen LogP contribution in [0.15, 0.2) is 12.3 Å². The highest BCUT2D eigenvalue weighted by molar-refractivity contribution is 5.83. The van der Waals surface area contributed by atoms with E-state index >= 15 is 0 Å². The van der Waals surface area contributed by atoms with Gasteiger partial charge in [0.25, 0.3) is 0 Å². The maximum absolute atomic E-state index is 13.9. The van der Waals surface area contributed by atoms with Crippen LogP contribution in [0.1, 0.15) is 69.2 Å². The van der Waals surface area contributed by atoms with Crippen molar-refractivity contribution in [3.8, 4) is 0 Å². The fourth-order valence-electron chi connectivity index (χ4n) is 8.23. The molecule has 186 valence electrons. The minimum Gasteiger partial charge on any atom is -0.393 e. The van der Waals surface area contributed by atoms with Gasteiger partial charge in [-0.05, 0) is 67.4 Å². The molecule has 1 aliphatic heterocycles. The third-order valence-corrected chi connectivity index (χ3v) is 10.3. The molecule has 2 heterocycles. The summed E-state index contributed by atoms with van der Waals surface area (Å²) in [4.78, 5) is 19.7. The molecule has 4 aliphatic carbocycles. The Kier molecular flexibility index (Phi) is 4.97. The van der Waals surface area contributed by atoms with Crippen LogP contribution in [0, 0.1) is 28.6 Å². The van der Waals surface area contributed by atoms with E-state index in [4.69, 9.17) is 0 Å². The average molecular weight is 478 g/mol. The van der Waals surface area contributed by atoms with E-state index in [2.05, 4.69) is 24.1 Å². The van der Waals surface area contributed by atoms with Gasteiger partial charge in [0.2, 0.25) is 5.91 Å². The van der Waals surface area contributed by atoms with Crippen LogP contribution >= 0.6 is 0 Å². The normalized spacial score (nSPS) is 40.6. The van der Waals surface area contributed by atoms with E-state index in [9.17, 15) is 23.1 Å². The number of nitrogens with zero attached hydrogens (tertiary/aromatic N) is 2. The zero-order chi connectivity index (χ0) is 24.0. The summed E-state index contributed by atoms with van der Waals surface area (Å²) < 4.78 is 39.6. The first-order chi connectivity index (χ1) is 16.0. The molecule has 4 saturated carbocycles. The topological polar surface area (TPSA) is 65.5 Å². The highest BCUT2D eigenvalue weighted by Crippen LogP contribution is 2.74. The molecule has 5 unspecified atom stereocenters. The molecule has 8 heteroatoms. The molecule has 5 aliphatic rings. The second-order valence-electron chi connectivity index (χ2n) is 11.9. The molecule has 1 spiro atoms. The smallest absolute Gasteiger partial charge is 0.393 e. The summed E-state index contributed by atoms with van der Waals surface area (Å²) in [6, 6.07) is 1.78. The van der Waals surface area contributed by atoms with Crippen LogP contribution in [-0.2, 0) is 23.9 Å². The van der Waals surface area contributed by atoms with E-state index in [-0.39, 0.29) is 30.5 Å². The number of pyridine rings is 1. The van der Waals surface area contributed by atoms with Gasteiger partial charge in [-0.1, -0.05) is 13.8 Å². The minimum absolute atomic E-state index is 0.0742. The molecule has 0 radical (unpaired) electrons. The number of hydrogen-bond acceptors (Lipinski definition) is 4. The Morgan fingerprint density at radius 3 is 2.71 bits per heavy atom. The molecule has 4 fully saturated rings. The largest absolute Gasteiger partial charge is 0.417 e. The van der Waals surface area contributed by atoms with Gasteiger partial charge in [0, 0.05) is 49.4 Å². The van der Waals surface area contributed by atoms with E-state index in [1.54, 1.807) is 4.90 Å². The summed E-state index contributed by atoms with van der Waals surface area (Å²) in [6.45, 7) is 4.88. The summed E-state index contributed by atoms with van der Waals surface area (Å²) in [5, 5.41) is 14.2. The molecule has 0 saturated heterocycles. The third kappa shape index (κ3) is 3.06. The van der Waals surface area contributed by atoms with Crippen LogP contribution in [-0.4, -0.2) is 45.6 Å². The van der Waals surface area contributed by atoms with Gasteiger partial charge < -0.3 is 15.3 Å². The monoisotopic (exact) mass is 477 g/mol. The van der Waals surface area contributed by atoms with Gasteiger partial charge in [-0.2, -0.15) is 13.2 Å². The van der Waals surface area contributed by atoms with Crippen molar-refractivity contribution in [2.24, 2.45) is 28.6 Å². The number of aliphatic hydroxyl groups excluding tert-OH is 1. The summed E-state index contributed by atoms with van der Waals surface area (Å²) in [6.07, 6.45) is 2.68. The quantitative estimate of drug-likeness (QED) is 0.690. The van der Waals surface area contributed by atoms with Crippen molar-refractivity contribution in [2.75, 3.05) is 6.54 Å². The number of nitrogens with one attached hydrogen (secondary N) is 1. The molecule has 7 atom stereocenters. The molecule has 0 bridgehead atoms. The Morgan fingerprint density at radius 1 is 1.26 bits per heavy atom. The first-order valence-electron chi connectivity index (χ1n) is 12.8. The highest BCUT2D eigenvalue weighted by Gasteiger charge is 2.74. The van der Waals surface area contributed by atoms with Gasteiger partial charge in [0.15, 0.2) is 0 Å². The predicted molar refractivity (Wildman–Crippen MR) is 119 cm³/mol. The number of carbonyl (C=O) groups excluding carboxylic acids is 1.